The fourth-order valence-corrected chi connectivity index (χ4v) is 2.18. The van der Waals surface area contributed by atoms with Gasteiger partial charge in [-0.1, -0.05) is 0 Å². The van der Waals surface area contributed by atoms with Crippen LogP contribution in [-0.4, -0.2) is 13.7 Å². The summed E-state index contributed by atoms with van der Waals surface area (Å²) in [5.41, 5.74) is 0.953. The summed E-state index contributed by atoms with van der Waals surface area (Å²) in [6.45, 7) is 0. The third-order valence-electron chi connectivity index (χ3n) is 1.64. The first-order valence-electron chi connectivity index (χ1n) is 3.32. The Morgan fingerprint density at radius 1 is 1.67 bits per heavy atom. The molecule has 1 saturated carbocycles. The largest absolute Gasteiger partial charge is 1.00 e. The molecule has 1 aromatic heterocycles. The molecule has 60 valence electrons. The molecular weight excluding hydrogens is 189 g/mol. The Morgan fingerprint density at radius 3 is 2.75 bits per heavy atom. The zero-order valence-corrected chi connectivity index (χ0v) is 8.28. The van der Waals surface area contributed by atoms with Gasteiger partial charge in [0.25, 0.3) is 0 Å². The van der Waals surface area contributed by atoms with Crippen molar-refractivity contribution in [3.8, 4) is 0 Å². The molecule has 0 bridgehead atoms. The van der Waals surface area contributed by atoms with Gasteiger partial charge in [-0.2, -0.15) is 0 Å². The minimum absolute atomic E-state index is 0. The van der Waals surface area contributed by atoms with Crippen LogP contribution in [0, 0.1) is 0 Å². The van der Waals surface area contributed by atoms with Gasteiger partial charge in [0.15, 0.2) is 4.34 Å². The summed E-state index contributed by atoms with van der Waals surface area (Å²) in [6.07, 6.45) is 2.32. The summed E-state index contributed by atoms with van der Waals surface area (Å²) in [7, 11) is 0. The minimum Gasteiger partial charge on any atom is -0.767 e. The van der Waals surface area contributed by atoms with Gasteiger partial charge in [-0.15, -0.1) is 11.3 Å². The van der Waals surface area contributed by atoms with Crippen molar-refractivity contribution < 1.29 is 27.6 Å². The van der Waals surface area contributed by atoms with Gasteiger partial charge < -0.3 is 4.55 Å². The Labute approximate surface area is 89.1 Å². The van der Waals surface area contributed by atoms with Gasteiger partial charge in [0.1, 0.15) is 0 Å². The van der Waals surface area contributed by atoms with E-state index in [0.29, 0.717) is 5.92 Å². The van der Waals surface area contributed by atoms with Crippen LogP contribution in [0.15, 0.2) is 9.72 Å². The Kier molecular flexibility index (Phi) is 3.50. The van der Waals surface area contributed by atoms with Gasteiger partial charge in [-0.25, -0.2) is 4.98 Å². The van der Waals surface area contributed by atoms with E-state index in [1.807, 2.05) is 5.38 Å². The van der Waals surface area contributed by atoms with Crippen molar-refractivity contribution >= 4 is 22.4 Å². The van der Waals surface area contributed by atoms with Crippen LogP contribution >= 0.6 is 11.3 Å². The second-order valence-corrected chi connectivity index (χ2v) is 4.52. The van der Waals surface area contributed by atoms with Gasteiger partial charge in [-0.3, -0.25) is 4.21 Å². The molecule has 0 N–H and O–H groups in total. The second-order valence-electron chi connectivity index (χ2n) is 2.55. The van der Waals surface area contributed by atoms with Crippen LogP contribution in [-0.2, 0) is 11.1 Å². The zero-order valence-electron chi connectivity index (χ0n) is 6.65. The Hall–Kier alpha value is 0.337. The van der Waals surface area contributed by atoms with Crippen LogP contribution in [0.1, 0.15) is 24.5 Å². The maximum absolute atomic E-state index is 10.4. The van der Waals surface area contributed by atoms with E-state index in [4.69, 9.17) is 0 Å². The van der Waals surface area contributed by atoms with Crippen molar-refractivity contribution in [2.75, 3.05) is 0 Å². The molecule has 1 atom stereocenters. The van der Waals surface area contributed by atoms with Crippen molar-refractivity contribution in [2.24, 2.45) is 0 Å². The maximum atomic E-state index is 10.4. The number of thiazole rings is 1. The van der Waals surface area contributed by atoms with Crippen molar-refractivity contribution in [1.29, 1.82) is 0 Å². The van der Waals surface area contributed by atoms with Crippen LogP contribution in [0.3, 0.4) is 0 Å². The molecule has 1 heterocycles. The molecule has 1 aliphatic rings. The van der Waals surface area contributed by atoms with Crippen LogP contribution in [0.2, 0.25) is 0 Å². The van der Waals surface area contributed by atoms with E-state index in [9.17, 15) is 8.76 Å². The Balaban J connectivity index is 0.000000720. The molecule has 1 aliphatic carbocycles. The summed E-state index contributed by atoms with van der Waals surface area (Å²) in [6, 6.07) is 0. The summed E-state index contributed by atoms with van der Waals surface area (Å²) in [5, 5.41) is 1.84. The third-order valence-corrected chi connectivity index (χ3v) is 3.36. The Morgan fingerprint density at radius 2 is 2.33 bits per heavy atom. The molecule has 6 heteroatoms. The summed E-state index contributed by atoms with van der Waals surface area (Å²) < 4.78 is 21.0. The first-order chi connectivity index (χ1) is 5.27. The smallest absolute Gasteiger partial charge is 0.767 e. The number of hydrogen-bond donors (Lipinski definition) is 0. The number of nitrogens with zero attached hydrogens (tertiary/aromatic N) is 1. The zero-order chi connectivity index (χ0) is 7.84. The van der Waals surface area contributed by atoms with Crippen molar-refractivity contribution in [3.63, 3.8) is 0 Å². The first kappa shape index (κ1) is 10.4. The molecule has 1 unspecified atom stereocenters. The van der Waals surface area contributed by atoms with Gasteiger partial charge in [0.05, 0.1) is 5.69 Å². The third kappa shape index (κ3) is 2.18. The Bertz CT molecular complexity index is 297. The average molecular weight is 195 g/mol. The first-order valence-corrected chi connectivity index (χ1v) is 5.27. The van der Waals surface area contributed by atoms with Crippen LogP contribution < -0.4 is 18.9 Å². The monoisotopic (exact) mass is 195 g/mol. The molecule has 0 aliphatic heterocycles. The van der Waals surface area contributed by atoms with E-state index >= 15 is 0 Å². The molecule has 0 spiro atoms. The standard InChI is InChI=1S/C6H7NO2S2.Li/c8-11(9)6-7-5(3-10-6)4-1-2-4;/h3-4H,1-2H2,(H,8,9);/q;+1/p-1. The van der Waals surface area contributed by atoms with Gasteiger partial charge in [-0.05, 0) is 12.8 Å². The molecule has 0 radical (unpaired) electrons. The normalized spacial score (nSPS) is 18.4. The predicted octanol–water partition coefficient (Wildman–Crippen LogP) is -1.74. The molecule has 12 heavy (non-hydrogen) atoms. The van der Waals surface area contributed by atoms with Gasteiger partial charge in [0.2, 0.25) is 0 Å². The fraction of sp³-hybridized carbons (Fsp3) is 0.500. The minimum atomic E-state index is -2.14. The molecule has 2 rings (SSSR count). The van der Waals surface area contributed by atoms with E-state index in [1.54, 1.807) is 0 Å². The van der Waals surface area contributed by atoms with Gasteiger partial charge in [0, 0.05) is 22.4 Å². The van der Waals surface area contributed by atoms with Crippen LogP contribution in [0.5, 0.6) is 0 Å². The summed E-state index contributed by atoms with van der Waals surface area (Å²) in [5.74, 6) is 0.545. The second kappa shape index (κ2) is 4.03. The molecule has 0 amide bonds. The molecule has 0 saturated heterocycles. The van der Waals surface area contributed by atoms with E-state index in [1.165, 1.54) is 11.3 Å². The van der Waals surface area contributed by atoms with Crippen LogP contribution in [0.4, 0.5) is 0 Å². The molecule has 3 nitrogen and oxygen atoms in total. The molecule has 0 aromatic carbocycles. The molecule has 1 aromatic rings. The van der Waals surface area contributed by atoms with E-state index < -0.39 is 11.1 Å². The number of rotatable bonds is 2. The molecular formula is C6H6LiNO2S2. The fourth-order valence-electron chi connectivity index (χ4n) is 0.912. The van der Waals surface area contributed by atoms with E-state index in [0.717, 1.165) is 18.5 Å². The summed E-state index contributed by atoms with van der Waals surface area (Å²) in [4.78, 5) is 3.98. The van der Waals surface area contributed by atoms with E-state index in [2.05, 4.69) is 4.98 Å². The van der Waals surface area contributed by atoms with Gasteiger partial charge >= 0.3 is 18.9 Å². The summed E-state index contributed by atoms with van der Waals surface area (Å²) >= 11 is -0.937. The predicted molar refractivity (Wildman–Crippen MR) is 41.3 cm³/mol. The number of aromatic nitrogens is 1. The van der Waals surface area contributed by atoms with E-state index in [-0.39, 0.29) is 23.2 Å². The van der Waals surface area contributed by atoms with Crippen LogP contribution in [0.25, 0.3) is 0 Å². The maximum Gasteiger partial charge on any atom is 1.00 e. The van der Waals surface area contributed by atoms with Crippen molar-refractivity contribution in [2.45, 2.75) is 23.1 Å². The van der Waals surface area contributed by atoms with Crippen molar-refractivity contribution in [3.05, 3.63) is 11.1 Å². The number of hydrogen-bond acceptors (Lipinski definition) is 4. The topological polar surface area (TPSA) is 53.0 Å². The quantitative estimate of drug-likeness (QED) is 0.416. The SMILES string of the molecule is O=S([O-])c1nc(C2CC2)cs1.[Li+]. The molecule has 1 fully saturated rings. The van der Waals surface area contributed by atoms with Crippen molar-refractivity contribution in [1.82, 2.24) is 4.98 Å². The average Bonchev–Trinajstić information content (AvgIpc) is 2.68.